The van der Waals surface area contributed by atoms with E-state index in [2.05, 4.69) is 0 Å². The number of nitrogens with zero attached hydrogens (tertiary/aromatic N) is 1. The van der Waals surface area contributed by atoms with Crippen molar-refractivity contribution < 1.29 is 27.9 Å². The zero-order chi connectivity index (χ0) is 22.4. The highest BCUT2D eigenvalue weighted by Gasteiger charge is 2.21. The first-order valence-corrected chi connectivity index (χ1v) is 9.59. The van der Waals surface area contributed by atoms with Crippen LogP contribution in [0.2, 0.25) is 5.02 Å². The molecule has 0 atom stereocenters. The number of amides is 2. The monoisotopic (exact) mass is 444 g/mol. The van der Waals surface area contributed by atoms with E-state index in [-0.39, 0.29) is 18.7 Å². The summed E-state index contributed by atoms with van der Waals surface area (Å²) in [6, 6.07) is 15.0. The lowest BCUT2D eigenvalue weighted by molar-refractivity contribution is -0.122. The van der Waals surface area contributed by atoms with Gasteiger partial charge in [-0.15, -0.1) is 0 Å². The van der Waals surface area contributed by atoms with Gasteiger partial charge in [0.15, 0.2) is 6.61 Å². The molecule has 7 nitrogen and oxygen atoms in total. The molecule has 1 aromatic heterocycles. The van der Waals surface area contributed by atoms with Gasteiger partial charge in [0.05, 0.1) is 5.02 Å². The molecule has 9 heteroatoms. The average molecular weight is 445 g/mol. The maximum atomic E-state index is 13.2. The second-order valence-corrected chi connectivity index (χ2v) is 6.87. The van der Waals surface area contributed by atoms with Crippen molar-refractivity contribution in [3.05, 3.63) is 77.3 Å². The van der Waals surface area contributed by atoms with Crippen molar-refractivity contribution >= 4 is 35.1 Å². The molecule has 0 bridgehead atoms. The van der Waals surface area contributed by atoms with Crippen LogP contribution in [-0.4, -0.2) is 30.9 Å². The quantitative estimate of drug-likeness (QED) is 0.532. The van der Waals surface area contributed by atoms with Gasteiger partial charge >= 0.3 is 5.97 Å². The zero-order valence-electron chi connectivity index (χ0n) is 16.2. The molecule has 2 aromatic carbocycles. The SMILES string of the molecule is NC(=O)CCN(C(=O)COC(=O)c1ccc(-c2ccccc2Cl)o1)c1ccc(F)cc1. The summed E-state index contributed by atoms with van der Waals surface area (Å²) >= 11 is 6.12. The summed E-state index contributed by atoms with van der Waals surface area (Å²) in [6.45, 7) is -0.661. The van der Waals surface area contributed by atoms with Crippen LogP contribution in [0.5, 0.6) is 0 Å². The van der Waals surface area contributed by atoms with E-state index in [1.54, 1.807) is 30.3 Å². The molecule has 0 fully saturated rings. The fourth-order valence-corrected chi connectivity index (χ4v) is 3.00. The molecule has 0 unspecified atom stereocenters. The average Bonchev–Trinajstić information content (AvgIpc) is 3.23. The molecule has 0 saturated heterocycles. The maximum absolute atomic E-state index is 13.2. The van der Waals surface area contributed by atoms with E-state index >= 15 is 0 Å². The Labute approximate surface area is 182 Å². The topological polar surface area (TPSA) is 103 Å². The molecule has 0 aliphatic heterocycles. The Morgan fingerprint density at radius 2 is 1.74 bits per heavy atom. The number of ether oxygens (including phenoxy) is 1. The minimum atomic E-state index is -0.847. The second-order valence-electron chi connectivity index (χ2n) is 6.46. The fraction of sp³-hybridized carbons (Fsp3) is 0.136. The third kappa shape index (κ3) is 5.70. The molecule has 0 spiro atoms. The molecule has 0 radical (unpaired) electrons. The van der Waals surface area contributed by atoms with Crippen LogP contribution < -0.4 is 10.6 Å². The van der Waals surface area contributed by atoms with Gasteiger partial charge in [-0.2, -0.15) is 0 Å². The molecular formula is C22H18ClFN2O5. The molecule has 1 heterocycles. The number of furan rings is 1. The summed E-state index contributed by atoms with van der Waals surface area (Å²) in [5.41, 5.74) is 6.10. The van der Waals surface area contributed by atoms with Crippen molar-refractivity contribution in [1.82, 2.24) is 0 Å². The van der Waals surface area contributed by atoms with Gasteiger partial charge < -0.3 is 19.8 Å². The molecule has 160 valence electrons. The number of nitrogens with two attached hydrogens (primary N) is 1. The van der Waals surface area contributed by atoms with Crippen LogP contribution in [0, 0.1) is 5.82 Å². The molecule has 0 saturated carbocycles. The predicted octanol–water partition coefficient (Wildman–Crippen LogP) is 3.80. The van der Waals surface area contributed by atoms with Gasteiger partial charge in [0.25, 0.3) is 5.91 Å². The van der Waals surface area contributed by atoms with Crippen molar-refractivity contribution in [1.29, 1.82) is 0 Å². The van der Waals surface area contributed by atoms with Crippen LogP contribution in [0.3, 0.4) is 0 Å². The lowest BCUT2D eigenvalue weighted by Crippen LogP contribution is -2.37. The molecule has 31 heavy (non-hydrogen) atoms. The fourth-order valence-electron chi connectivity index (χ4n) is 2.77. The predicted molar refractivity (Wildman–Crippen MR) is 112 cm³/mol. The second kappa shape index (κ2) is 9.90. The minimum absolute atomic E-state index is 0.0469. The molecule has 3 aromatic rings. The summed E-state index contributed by atoms with van der Waals surface area (Å²) in [6.07, 6.45) is -0.115. The van der Waals surface area contributed by atoms with Crippen LogP contribution in [0.1, 0.15) is 17.0 Å². The Hall–Kier alpha value is -3.65. The molecule has 0 aliphatic carbocycles. The first-order chi connectivity index (χ1) is 14.8. The van der Waals surface area contributed by atoms with Crippen LogP contribution >= 0.6 is 11.6 Å². The molecule has 3 rings (SSSR count). The van der Waals surface area contributed by atoms with Crippen LogP contribution in [0.25, 0.3) is 11.3 Å². The van der Waals surface area contributed by atoms with Crippen molar-refractivity contribution in [2.24, 2.45) is 5.73 Å². The van der Waals surface area contributed by atoms with Crippen molar-refractivity contribution in [2.75, 3.05) is 18.1 Å². The number of hydrogen-bond acceptors (Lipinski definition) is 5. The van der Waals surface area contributed by atoms with Gasteiger partial charge in [0.2, 0.25) is 11.7 Å². The first-order valence-electron chi connectivity index (χ1n) is 9.21. The normalized spacial score (nSPS) is 10.5. The first kappa shape index (κ1) is 22.0. The van der Waals surface area contributed by atoms with Crippen LogP contribution in [0.15, 0.2) is 65.1 Å². The summed E-state index contributed by atoms with van der Waals surface area (Å²) in [5, 5.41) is 0.455. The third-order valence-electron chi connectivity index (χ3n) is 4.29. The van der Waals surface area contributed by atoms with E-state index in [9.17, 15) is 18.8 Å². The van der Waals surface area contributed by atoms with Gasteiger partial charge in [-0.25, -0.2) is 9.18 Å². The summed E-state index contributed by atoms with van der Waals surface area (Å²) < 4.78 is 23.7. The molecular weight excluding hydrogens is 427 g/mol. The highest BCUT2D eigenvalue weighted by Crippen LogP contribution is 2.29. The van der Waals surface area contributed by atoms with Gasteiger partial charge in [0.1, 0.15) is 11.6 Å². The van der Waals surface area contributed by atoms with Crippen LogP contribution in [-0.2, 0) is 14.3 Å². The number of rotatable bonds is 8. The minimum Gasteiger partial charge on any atom is -0.450 e. The van der Waals surface area contributed by atoms with E-state index in [0.717, 1.165) is 0 Å². The van der Waals surface area contributed by atoms with Gasteiger partial charge in [-0.05, 0) is 48.5 Å². The van der Waals surface area contributed by atoms with E-state index in [4.69, 9.17) is 26.5 Å². The Morgan fingerprint density at radius 3 is 2.42 bits per heavy atom. The van der Waals surface area contributed by atoms with Crippen molar-refractivity contribution in [3.8, 4) is 11.3 Å². The van der Waals surface area contributed by atoms with E-state index in [1.807, 2.05) is 0 Å². The van der Waals surface area contributed by atoms with E-state index in [1.165, 1.54) is 35.2 Å². The highest BCUT2D eigenvalue weighted by atomic mass is 35.5. The van der Waals surface area contributed by atoms with Crippen LogP contribution in [0.4, 0.5) is 10.1 Å². The highest BCUT2D eigenvalue weighted by molar-refractivity contribution is 6.33. The van der Waals surface area contributed by atoms with Gasteiger partial charge in [-0.3, -0.25) is 9.59 Å². The largest absolute Gasteiger partial charge is 0.450 e. The number of esters is 1. The Kier molecular flexibility index (Phi) is 7.04. The summed E-state index contributed by atoms with van der Waals surface area (Å²) in [5.74, 6) is -2.28. The summed E-state index contributed by atoms with van der Waals surface area (Å²) in [7, 11) is 0. The lowest BCUT2D eigenvalue weighted by Gasteiger charge is -2.22. The number of hydrogen-bond donors (Lipinski definition) is 1. The number of carbonyl (C=O) groups excluding carboxylic acids is 3. The van der Waals surface area contributed by atoms with Gasteiger partial charge in [-0.1, -0.05) is 23.7 Å². The molecule has 0 aliphatic rings. The Balaban J connectivity index is 1.67. The Morgan fingerprint density at radius 1 is 1.03 bits per heavy atom. The lowest BCUT2D eigenvalue weighted by atomic mass is 10.2. The molecule has 2 N–H and O–H groups in total. The zero-order valence-corrected chi connectivity index (χ0v) is 17.0. The number of carbonyl (C=O) groups is 3. The number of halogens is 2. The number of primary amides is 1. The smallest absolute Gasteiger partial charge is 0.374 e. The van der Waals surface area contributed by atoms with E-state index < -0.39 is 30.2 Å². The molecule has 2 amide bonds. The standard InChI is InChI=1S/C22H18ClFN2O5/c23-17-4-2-1-3-16(17)18-9-10-19(31-18)22(29)30-13-21(28)26(12-11-20(25)27)15-7-5-14(24)6-8-15/h1-10H,11-13H2,(H2,25,27). The Bertz CT molecular complexity index is 1100. The summed E-state index contributed by atoms with van der Waals surface area (Å²) in [4.78, 5) is 37.2. The third-order valence-corrected chi connectivity index (χ3v) is 4.62. The number of anilines is 1. The maximum Gasteiger partial charge on any atom is 0.374 e. The van der Waals surface area contributed by atoms with Crippen molar-refractivity contribution in [2.45, 2.75) is 6.42 Å². The van der Waals surface area contributed by atoms with E-state index in [0.29, 0.717) is 22.0 Å². The van der Waals surface area contributed by atoms with Crippen molar-refractivity contribution in [3.63, 3.8) is 0 Å². The van der Waals surface area contributed by atoms with Gasteiger partial charge in [0, 0.05) is 24.2 Å². The number of benzene rings is 2.